The highest BCUT2D eigenvalue weighted by Gasteiger charge is 2.33. The predicted octanol–water partition coefficient (Wildman–Crippen LogP) is 8.52. The molecule has 2 aromatic heterocycles. The van der Waals surface area contributed by atoms with Crippen LogP contribution in [0.4, 0.5) is 0 Å². The number of esters is 1. The van der Waals surface area contributed by atoms with E-state index in [4.69, 9.17) is 58.3 Å². The van der Waals surface area contributed by atoms with E-state index in [-0.39, 0.29) is 6.61 Å². The maximum absolute atomic E-state index is 12.5. The zero-order chi connectivity index (χ0) is 32.4. The molecule has 0 aliphatic heterocycles. The van der Waals surface area contributed by atoms with Crippen LogP contribution in [0.15, 0.2) is 65.3 Å². The number of fused-ring (bicyclic) bond motifs is 1. The second-order valence-electron chi connectivity index (χ2n) is 10.7. The van der Waals surface area contributed by atoms with Crippen LogP contribution in [0.2, 0.25) is 15.1 Å². The first-order chi connectivity index (χ1) is 22.3. The lowest BCUT2D eigenvalue weighted by Crippen LogP contribution is -2.20. The van der Waals surface area contributed by atoms with Crippen LogP contribution in [0, 0.1) is 11.8 Å². The Bertz CT molecular complexity index is 1960. The first-order valence-corrected chi connectivity index (χ1v) is 15.6. The summed E-state index contributed by atoms with van der Waals surface area (Å²) in [6, 6.07) is 16.0. The first kappa shape index (κ1) is 32.0. The molecule has 1 saturated carbocycles. The summed E-state index contributed by atoms with van der Waals surface area (Å²) >= 11 is 19.7. The summed E-state index contributed by atoms with van der Waals surface area (Å²) in [5, 5.41) is 6.56. The summed E-state index contributed by atoms with van der Waals surface area (Å²) in [5.74, 6) is 7.50. The lowest BCUT2D eigenvalue weighted by Gasteiger charge is -2.15. The molecule has 6 rings (SSSR count). The Balaban J connectivity index is 1.27. The SMILES string of the molecule is COC(=O)c1cc(C#Cc2ccc(OCc3c(-c4c(Cl)cccc4Cl)noc3C3CC3)cc2Cl)c2ccn(CC(OC)OC)c2c1. The van der Waals surface area contributed by atoms with Crippen molar-refractivity contribution in [1.29, 1.82) is 0 Å². The number of methoxy groups -OCH3 is 3. The highest BCUT2D eigenvalue weighted by Crippen LogP contribution is 2.46. The van der Waals surface area contributed by atoms with Crippen LogP contribution in [0.5, 0.6) is 5.75 Å². The molecule has 236 valence electrons. The second kappa shape index (κ2) is 13.8. The zero-order valence-electron chi connectivity index (χ0n) is 25.2. The minimum Gasteiger partial charge on any atom is -0.489 e. The number of nitrogens with zero attached hydrogens (tertiary/aromatic N) is 2. The molecule has 0 N–H and O–H groups in total. The zero-order valence-corrected chi connectivity index (χ0v) is 27.5. The van der Waals surface area contributed by atoms with E-state index in [1.807, 2.05) is 16.8 Å². The van der Waals surface area contributed by atoms with Gasteiger partial charge in [0.2, 0.25) is 0 Å². The molecule has 8 nitrogen and oxygen atoms in total. The van der Waals surface area contributed by atoms with Gasteiger partial charge < -0.3 is 28.0 Å². The lowest BCUT2D eigenvalue weighted by molar-refractivity contribution is -0.110. The Morgan fingerprint density at radius 2 is 1.72 bits per heavy atom. The third kappa shape index (κ3) is 6.61. The average Bonchev–Trinajstić information content (AvgIpc) is 3.70. The lowest BCUT2D eigenvalue weighted by atomic mass is 10.0. The van der Waals surface area contributed by atoms with Crippen molar-refractivity contribution in [3.63, 3.8) is 0 Å². The monoisotopic (exact) mass is 678 g/mol. The van der Waals surface area contributed by atoms with Gasteiger partial charge in [0, 0.05) is 54.5 Å². The van der Waals surface area contributed by atoms with Gasteiger partial charge >= 0.3 is 5.97 Å². The van der Waals surface area contributed by atoms with Gasteiger partial charge in [-0.25, -0.2) is 4.79 Å². The van der Waals surface area contributed by atoms with Crippen molar-refractivity contribution < 1.29 is 28.3 Å². The van der Waals surface area contributed by atoms with E-state index < -0.39 is 12.3 Å². The standard InChI is InChI=1S/C35H29Cl3N2O6/c1-42-31(43-2)18-40-14-13-25-22(15-23(16-30(25)40)35(41)44-3)10-7-20-11-12-24(17-29(20)38)45-19-26-33(39-46-34(26)21-8-9-21)32-27(36)5-4-6-28(32)37/h4-6,11-17,21,31H,8-9,18-19H2,1-3H3. The summed E-state index contributed by atoms with van der Waals surface area (Å²) in [7, 11) is 4.49. The third-order valence-electron chi connectivity index (χ3n) is 7.80. The number of hydrogen-bond donors (Lipinski definition) is 0. The molecule has 5 aromatic rings. The van der Waals surface area contributed by atoms with Crippen LogP contribution in [-0.4, -0.2) is 43.3 Å². The van der Waals surface area contributed by atoms with Gasteiger partial charge in [0.1, 0.15) is 23.8 Å². The fourth-order valence-electron chi connectivity index (χ4n) is 5.23. The molecular formula is C35H29Cl3N2O6. The van der Waals surface area contributed by atoms with E-state index in [0.717, 1.165) is 35.1 Å². The molecule has 0 bridgehead atoms. The van der Waals surface area contributed by atoms with Crippen LogP contribution < -0.4 is 4.74 Å². The van der Waals surface area contributed by atoms with E-state index in [0.29, 0.717) is 61.2 Å². The molecule has 46 heavy (non-hydrogen) atoms. The summed E-state index contributed by atoms with van der Waals surface area (Å²) < 4.78 is 29.6. The Morgan fingerprint density at radius 3 is 2.39 bits per heavy atom. The maximum Gasteiger partial charge on any atom is 0.337 e. The number of ether oxygens (including phenoxy) is 4. The number of halogens is 3. The molecule has 1 aliphatic rings. The van der Waals surface area contributed by atoms with Gasteiger partial charge in [-0.2, -0.15) is 0 Å². The fraction of sp³-hybridized carbons (Fsp3) is 0.257. The van der Waals surface area contributed by atoms with Crippen LogP contribution >= 0.6 is 34.8 Å². The number of aromatic nitrogens is 2. The van der Waals surface area contributed by atoms with Gasteiger partial charge in [-0.15, -0.1) is 0 Å². The predicted molar refractivity (Wildman–Crippen MR) is 177 cm³/mol. The van der Waals surface area contributed by atoms with E-state index in [1.54, 1.807) is 62.8 Å². The molecule has 0 spiro atoms. The molecule has 0 atom stereocenters. The molecule has 0 radical (unpaired) electrons. The Labute approximate surface area is 281 Å². The molecule has 0 unspecified atom stereocenters. The molecule has 0 saturated heterocycles. The van der Waals surface area contributed by atoms with Crippen LogP contribution in [0.1, 0.15) is 51.6 Å². The van der Waals surface area contributed by atoms with E-state index in [9.17, 15) is 4.79 Å². The molecule has 2 heterocycles. The van der Waals surface area contributed by atoms with E-state index >= 15 is 0 Å². The largest absolute Gasteiger partial charge is 0.489 e. The summed E-state index contributed by atoms with van der Waals surface area (Å²) in [5.41, 5.74) is 4.39. The Morgan fingerprint density at radius 1 is 0.978 bits per heavy atom. The third-order valence-corrected chi connectivity index (χ3v) is 8.75. The van der Waals surface area contributed by atoms with Crippen molar-refractivity contribution in [2.75, 3.05) is 21.3 Å². The second-order valence-corrected chi connectivity index (χ2v) is 12.0. The Hall–Kier alpha value is -3.97. The summed E-state index contributed by atoms with van der Waals surface area (Å²) in [6.45, 7) is 0.612. The number of rotatable bonds is 10. The smallest absolute Gasteiger partial charge is 0.337 e. The number of carbonyl (C=O) groups is 1. The van der Waals surface area contributed by atoms with E-state index in [2.05, 4.69) is 17.0 Å². The maximum atomic E-state index is 12.5. The molecule has 3 aromatic carbocycles. The normalized spacial score (nSPS) is 12.8. The average molecular weight is 680 g/mol. The molecule has 1 aliphatic carbocycles. The van der Waals surface area contributed by atoms with Gasteiger partial charge in [0.15, 0.2) is 6.29 Å². The molecule has 11 heteroatoms. The molecule has 0 amide bonds. The topological polar surface area (TPSA) is 85.0 Å². The highest BCUT2D eigenvalue weighted by atomic mass is 35.5. The number of carbonyl (C=O) groups excluding carboxylic acids is 1. The fourth-order valence-corrected chi connectivity index (χ4v) is 6.02. The minimum atomic E-state index is -0.468. The van der Waals surface area contributed by atoms with Crippen LogP contribution in [0.25, 0.3) is 22.2 Å². The van der Waals surface area contributed by atoms with Gasteiger partial charge in [-0.1, -0.05) is 57.9 Å². The van der Waals surface area contributed by atoms with Crippen LogP contribution in [-0.2, 0) is 27.4 Å². The molecular weight excluding hydrogens is 651 g/mol. The van der Waals surface area contributed by atoms with Gasteiger partial charge in [0.25, 0.3) is 0 Å². The van der Waals surface area contributed by atoms with Crippen molar-refractivity contribution in [2.24, 2.45) is 0 Å². The van der Waals surface area contributed by atoms with Crippen molar-refractivity contribution >= 4 is 51.7 Å². The highest BCUT2D eigenvalue weighted by molar-refractivity contribution is 6.39. The van der Waals surface area contributed by atoms with Crippen molar-refractivity contribution in [1.82, 2.24) is 9.72 Å². The number of hydrogen-bond acceptors (Lipinski definition) is 7. The minimum absolute atomic E-state index is 0.190. The number of benzene rings is 3. The van der Waals surface area contributed by atoms with Crippen molar-refractivity contribution in [2.45, 2.75) is 38.2 Å². The van der Waals surface area contributed by atoms with Gasteiger partial charge in [-0.05, 0) is 55.3 Å². The van der Waals surface area contributed by atoms with E-state index in [1.165, 1.54) is 7.11 Å². The van der Waals surface area contributed by atoms with Gasteiger partial charge in [0.05, 0.1) is 45.4 Å². The Kier molecular flexibility index (Phi) is 9.60. The van der Waals surface area contributed by atoms with Crippen molar-refractivity contribution in [3.05, 3.63) is 104 Å². The summed E-state index contributed by atoms with van der Waals surface area (Å²) in [4.78, 5) is 12.5. The molecule has 1 fully saturated rings. The quantitative estimate of drug-likeness (QED) is 0.0831. The first-order valence-electron chi connectivity index (χ1n) is 14.4. The van der Waals surface area contributed by atoms with Gasteiger partial charge in [-0.3, -0.25) is 0 Å². The van der Waals surface area contributed by atoms with Crippen LogP contribution in [0.3, 0.4) is 0 Å². The summed E-state index contributed by atoms with van der Waals surface area (Å²) in [6.07, 6.45) is 3.49. The van der Waals surface area contributed by atoms with Crippen molar-refractivity contribution in [3.8, 4) is 28.8 Å².